The summed E-state index contributed by atoms with van der Waals surface area (Å²) in [6.45, 7) is 1.73. The first-order valence-corrected chi connectivity index (χ1v) is 10.9. The average Bonchev–Trinajstić information content (AvgIpc) is 3.49. The summed E-state index contributed by atoms with van der Waals surface area (Å²) in [5.74, 6) is 0.787. The lowest BCUT2D eigenvalue weighted by molar-refractivity contribution is 0.0672. The van der Waals surface area contributed by atoms with E-state index in [0.717, 1.165) is 48.2 Å². The Bertz CT molecular complexity index is 1130. The molecule has 0 bridgehead atoms. The number of piperidine rings is 1. The van der Waals surface area contributed by atoms with Gasteiger partial charge >= 0.3 is 6.09 Å². The van der Waals surface area contributed by atoms with Gasteiger partial charge in [0, 0.05) is 31.9 Å². The Morgan fingerprint density at radius 3 is 2.78 bits per heavy atom. The first-order chi connectivity index (χ1) is 15.7. The van der Waals surface area contributed by atoms with Crippen molar-refractivity contribution in [2.24, 2.45) is 0 Å². The highest BCUT2D eigenvalue weighted by atomic mass is 16.6. The monoisotopic (exact) mass is 434 g/mol. The Hall–Kier alpha value is -3.62. The minimum absolute atomic E-state index is 0.107. The minimum atomic E-state index is -0.286. The summed E-state index contributed by atoms with van der Waals surface area (Å²) in [7, 11) is 1.60. The Morgan fingerprint density at radius 1 is 1.12 bits per heavy atom. The molecule has 2 aliphatic rings. The summed E-state index contributed by atoms with van der Waals surface area (Å²) in [6, 6.07) is 9.42. The van der Waals surface area contributed by atoms with Crippen LogP contribution in [0.25, 0.3) is 11.0 Å². The van der Waals surface area contributed by atoms with Crippen LogP contribution in [0.2, 0.25) is 0 Å². The number of rotatable bonds is 4. The minimum Gasteiger partial charge on any atom is -0.445 e. The number of fused-ring (bicyclic) bond motifs is 2. The molecule has 5 rings (SSSR count). The standard InChI is InChI=1S/C23H26N6O3/c1-24-22(30)16-6-4-15(5-7-16)13-32-23(31)29-11-2-3-18-19(29)9-12-28(18)21-17-8-10-25-20(17)26-14-27-21/h4-8,10,14,18-19H,2-3,9,11-13H2,1H3,(H,24,30)(H,25,26,27)/t18-,19-/m1/s1. The van der Waals surface area contributed by atoms with Crippen molar-refractivity contribution in [1.29, 1.82) is 0 Å². The summed E-state index contributed by atoms with van der Waals surface area (Å²) in [5, 5.41) is 3.60. The number of ether oxygens (including phenoxy) is 1. The van der Waals surface area contributed by atoms with Crippen LogP contribution in [-0.4, -0.2) is 64.1 Å². The Balaban J connectivity index is 1.26. The number of anilines is 1. The number of hydrogen-bond donors (Lipinski definition) is 2. The third-order valence-corrected chi connectivity index (χ3v) is 6.45. The van der Waals surface area contributed by atoms with E-state index in [1.54, 1.807) is 25.5 Å². The van der Waals surface area contributed by atoms with E-state index in [1.807, 2.05) is 29.3 Å². The fourth-order valence-electron chi connectivity index (χ4n) is 4.89. The van der Waals surface area contributed by atoms with Gasteiger partial charge < -0.3 is 24.8 Å². The first-order valence-electron chi connectivity index (χ1n) is 10.9. The van der Waals surface area contributed by atoms with E-state index in [-0.39, 0.29) is 30.7 Å². The third-order valence-electron chi connectivity index (χ3n) is 6.45. The van der Waals surface area contributed by atoms with Crippen molar-refractivity contribution in [1.82, 2.24) is 25.2 Å². The molecule has 0 spiro atoms. The molecule has 0 aliphatic carbocycles. The molecule has 2 saturated heterocycles. The highest BCUT2D eigenvalue weighted by Crippen LogP contribution is 2.36. The van der Waals surface area contributed by atoms with Gasteiger partial charge in [-0.1, -0.05) is 12.1 Å². The summed E-state index contributed by atoms with van der Waals surface area (Å²) in [5.41, 5.74) is 2.25. The third kappa shape index (κ3) is 3.63. The predicted octanol–water partition coefficient (Wildman–Crippen LogP) is 2.70. The van der Waals surface area contributed by atoms with Gasteiger partial charge in [0.05, 0.1) is 17.5 Å². The summed E-state index contributed by atoms with van der Waals surface area (Å²) < 4.78 is 5.64. The number of H-pyrrole nitrogens is 1. The molecule has 0 radical (unpaired) electrons. The van der Waals surface area contributed by atoms with Gasteiger partial charge in [-0.15, -0.1) is 0 Å². The van der Waals surface area contributed by atoms with Crippen molar-refractivity contribution in [3.8, 4) is 0 Å². The molecular formula is C23H26N6O3. The summed E-state index contributed by atoms with van der Waals surface area (Å²) >= 11 is 0. The molecule has 32 heavy (non-hydrogen) atoms. The number of aromatic nitrogens is 3. The molecule has 166 valence electrons. The molecule has 2 aromatic heterocycles. The van der Waals surface area contributed by atoms with Crippen molar-refractivity contribution in [3.63, 3.8) is 0 Å². The molecule has 0 unspecified atom stereocenters. The number of likely N-dealkylation sites (tertiary alicyclic amines) is 1. The number of amides is 2. The zero-order chi connectivity index (χ0) is 22.1. The molecule has 9 heteroatoms. The zero-order valence-electron chi connectivity index (χ0n) is 18.0. The second kappa shape index (κ2) is 8.49. The van der Waals surface area contributed by atoms with Gasteiger partial charge in [0.2, 0.25) is 0 Å². The van der Waals surface area contributed by atoms with Crippen LogP contribution in [0.4, 0.5) is 10.6 Å². The number of hydrogen-bond acceptors (Lipinski definition) is 6. The topological polar surface area (TPSA) is 103 Å². The van der Waals surface area contributed by atoms with Gasteiger partial charge in [0.15, 0.2) is 0 Å². The maximum Gasteiger partial charge on any atom is 0.410 e. The molecule has 0 saturated carbocycles. The van der Waals surface area contributed by atoms with Crippen molar-refractivity contribution >= 4 is 28.9 Å². The van der Waals surface area contributed by atoms with Crippen molar-refractivity contribution in [3.05, 3.63) is 54.0 Å². The fourth-order valence-corrected chi connectivity index (χ4v) is 4.89. The van der Waals surface area contributed by atoms with Gasteiger partial charge in [0.25, 0.3) is 5.91 Å². The van der Waals surface area contributed by atoms with Crippen molar-refractivity contribution in [2.45, 2.75) is 38.0 Å². The van der Waals surface area contributed by atoms with Crippen molar-refractivity contribution in [2.75, 3.05) is 25.0 Å². The molecule has 2 atom stereocenters. The number of nitrogens with zero attached hydrogens (tertiary/aromatic N) is 4. The quantitative estimate of drug-likeness (QED) is 0.654. The van der Waals surface area contributed by atoms with Crippen LogP contribution < -0.4 is 10.2 Å². The highest BCUT2D eigenvalue weighted by Gasteiger charge is 2.43. The maximum absolute atomic E-state index is 12.9. The number of nitrogens with one attached hydrogen (secondary N) is 2. The first kappa shape index (κ1) is 20.3. The van der Waals surface area contributed by atoms with E-state index in [2.05, 4.69) is 25.2 Å². The van der Waals surface area contributed by atoms with Gasteiger partial charge in [-0.25, -0.2) is 14.8 Å². The molecule has 3 aromatic rings. The van der Waals surface area contributed by atoms with Crippen molar-refractivity contribution < 1.29 is 14.3 Å². The van der Waals surface area contributed by atoms with Crippen LogP contribution >= 0.6 is 0 Å². The highest BCUT2D eigenvalue weighted by molar-refractivity contribution is 5.94. The molecule has 2 amide bonds. The predicted molar refractivity (Wildman–Crippen MR) is 119 cm³/mol. The molecule has 2 aliphatic heterocycles. The number of aromatic amines is 1. The summed E-state index contributed by atoms with van der Waals surface area (Å²) in [4.78, 5) is 40.8. The van der Waals surface area contributed by atoms with E-state index >= 15 is 0 Å². The van der Waals surface area contributed by atoms with E-state index in [0.29, 0.717) is 12.1 Å². The van der Waals surface area contributed by atoms with Gasteiger partial charge in [-0.2, -0.15) is 0 Å². The lowest BCUT2D eigenvalue weighted by Gasteiger charge is -2.39. The van der Waals surface area contributed by atoms with Gasteiger partial charge in [0.1, 0.15) is 24.4 Å². The lowest BCUT2D eigenvalue weighted by atomic mass is 9.97. The van der Waals surface area contributed by atoms with Crippen LogP contribution in [-0.2, 0) is 11.3 Å². The molecular weight excluding hydrogens is 408 g/mol. The van der Waals surface area contributed by atoms with Crippen LogP contribution in [0.5, 0.6) is 0 Å². The molecule has 2 N–H and O–H groups in total. The Morgan fingerprint density at radius 2 is 1.97 bits per heavy atom. The maximum atomic E-state index is 12.9. The average molecular weight is 435 g/mol. The summed E-state index contributed by atoms with van der Waals surface area (Å²) in [6.07, 6.45) is 6.01. The van der Waals surface area contributed by atoms with E-state index in [1.165, 1.54) is 0 Å². The van der Waals surface area contributed by atoms with E-state index < -0.39 is 0 Å². The largest absolute Gasteiger partial charge is 0.445 e. The van der Waals surface area contributed by atoms with Gasteiger partial charge in [-0.05, 0) is 43.0 Å². The SMILES string of the molecule is CNC(=O)c1ccc(COC(=O)N2CCC[C@@H]3[C@H]2CCN3c2ncnc3[nH]ccc23)cc1. The van der Waals surface area contributed by atoms with Gasteiger partial charge in [-0.3, -0.25) is 4.79 Å². The smallest absolute Gasteiger partial charge is 0.410 e. The second-order valence-electron chi connectivity index (χ2n) is 8.22. The van der Waals surface area contributed by atoms with E-state index in [4.69, 9.17) is 4.74 Å². The van der Waals surface area contributed by atoms with Crippen LogP contribution in [0.3, 0.4) is 0 Å². The molecule has 9 nitrogen and oxygen atoms in total. The number of carbonyl (C=O) groups excluding carboxylic acids is 2. The normalized spacial score (nSPS) is 20.3. The fraction of sp³-hybridized carbons (Fsp3) is 0.391. The second-order valence-corrected chi connectivity index (χ2v) is 8.22. The lowest BCUT2D eigenvalue weighted by Crippen LogP contribution is -2.52. The zero-order valence-corrected chi connectivity index (χ0v) is 18.0. The van der Waals surface area contributed by atoms with Crippen LogP contribution in [0.1, 0.15) is 35.2 Å². The number of benzene rings is 1. The molecule has 2 fully saturated rings. The van der Waals surface area contributed by atoms with E-state index in [9.17, 15) is 9.59 Å². The molecule has 1 aromatic carbocycles. The number of carbonyl (C=O) groups is 2. The van der Waals surface area contributed by atoms with Crippen LogP contribution in [0.15, 0.2) is 42.9 Å². The van der Waals surface area contributed by atoms with Crippen LogP contribution in [0, 0.1) is 0 Å². The molecule has 4 heterocycles. The Labute approximate surface area is 185 Å². The Kier molecular flexibility index (Phi) is 5.38.